The van der Waals surface area contributed by atoms with E-state index in [1.165, 1.54) is 29.7 Å². The van der Waals surface area contributed by atoms with Gasteiger partial charge in [0.2, 0.25) is 5.88 Å². The van der Waals surface area contributed by atoms with Gasteiger partial charge < -0.3 is 9.84 Å². The Balaban J connectivity index is 1.43. The van der Waals surface area contributed by atoms with Crippen molar-refractivity contribution in [2.45, 2.75) is 51.0 Å². The van der Waals surface area contributed by atoms with E-state index in [4.69, 9.17) is 9.72 Å². The molecule has 1 N–H and O–H groups in total. The van der Waals surface area contributed by atoms with Gasteiger partial charge in [-0.05, 0) is 73.4 Å². The number of aliphatic carboxylic acids is 1. The number of benzene rings is 1. The van der Waals surface area contributed by atoms with Crippen molar-refractivity contribution >= 4 is 16.9 Å². The average Bonchev–Trinajstić information content (AvgIpc) is 3.30. The maximum absolute atomic E-state index is 11.7. The molecule has 4 aromatic rings. The first-order valence-electron chi connectivity index (χ1n) is 11.8. The van der Waals surface area contributed by atoms with Crippen molar-refractivity contribution in [2.75, 3.05) is 7.11 Å². The second-order valence-electron chi connectivity index (χ2n) is 8.80. The Labute approximate surface area is 198 Å². The molecular formula is C27H28N4O3. The molecule has 5 rings (SSSR count). The molecule has 0 saturated heterocycles. The van der Waals surface area contributed by atoms with Crippen LogP contribution in [0.15, 0.2) is 54.9 Å². The molecule has 0 amide bonds. The molecule has 0 radical (unpaired) electrons. The lowest BCUT2D eigenvalue weighted by Crippen LogP contribution is -2.16. The zero-order chi connectivity index (χ0) is 23.5. The molecule has 0 aliphatic heterocycles. The van der Waals surface area contributed by atoms with Crippen molar-refractivity contribution < 1.29 is 14.6 Å². The summed E-state index contributed by atoms with van der Waals surface area (Å²) in [5.41, 5.74) is 6.66. The van der Waals surface area contributed by atoms with Gasteiger partial charge in [0, 0.05) is 29.0 Å². The molecule has 7 nitrogen and oxygen atoms in total. The molecule has 0 bridgehead atoms. The van der Waals surface area contributed by atoms with Crippen molar-refractivity contribution in [3.63, 3.8) is 0 Å². The lowest BCUT2D eigenvalue weighted by Gasteiger charge is -2.17. The van der Waals surface area contributed by atoms with E-state index >= 15 is 0 Å². The molecular weight excluding hydrogens is 428 g/mol. The van der Waals surface area contributed by atoms with Gasteiger partial charge in [-0.15, -0.1) is 0 Å². The number of fused-ring (bicyclic) bond motifs is 2. The first-order chi connectivity index (χ1) is 16.6. The van der Waals surface area contributed by atoms with E-state index in [1.807, 2.05) is 24.4 Å². The number of hydrogen-bond donors (Lipinski definition) is 1. The van der Waals surface area contributed by atoms with Gasteiger partial charge in [-0.1, -0.05) is 18.2 Å². The Kier molecular flexibility index (Phi) is 6.25. The van der Waals surface area contributed by atoms with E-state index in [2.05, 4.69) is 28.3 Å². The molecule has 1 aliphatic rings. The molecule has 3 aromatic heterocycles. The summed E-state index contributed by atoms with van der Waals surface area (Å²) in [4.78, 5) is 20.9. The van der Waals surface area contributed by atoms with Crippen LogP contribution in [0.2, 0.25) is 0 Å². The summed E-state index contributed by atoms with van der Waals surface area (Å²) in [5, 5.41) is 15.2. The maximum Gasteiger partial charge on any atom is 0.305 e. The highest BCUT2D eigenvalue weighted by Gasteiger charge is 2.22. The summed E-state index contributed by atoms with van der Waals surface area (Å²) < 4.78 is 6.94. The van der Waals surface area contributed by atoms with Crippen molar-refractivity contribution in [3.05, 3.63) is 82.9 Å². The molecule has 34 heavy (non-hydrogen) atoms. The number of rotatable bonds is 8. The van der Waals surface area contributed by atoms with E-state index in [-0.39, 0.29) is 6.42 Å². The van der Waals surface area contributed by atoms with Crippen LogP contribution in [0.4, 0.5) is 0 Å². The van der Waals surface area contributed by atoms with Crippen LogP contribution in [0.3, 0.4) is 0 Å². The van der Waals surface area contributed by atoms with Gasteiger partial charge in [-0.25, -0.2) is 4.98 Å². The van der Waals surface area contributed by atoms with Crippen LogP contribution in [0.5, 0.6) is 5.88 Å². The van der Waals surface area contributed by atoms with Gasteiger partial charge in [-0.2, -0.15) is 5.10 Å². The second-order valence-corrected chi connectivity index (χ2v) is 8.80. The van der Waals surface area contributed by atoms with E-state index in [0.717, 1.165) is 47.8 Å². The Bertz CT molecular complexity index is 1310. The zero-order valence-electron chi connectivity index (χ0n) is 19.3. The fourth-order valence-corrected chi connectivity index (χ4v) is 4.85. The van der Waals surface area contributed by atoms with Gasteiger partial charge in [0.15, 0.2) is 0 Å². The third-order valence-corrected chi connectivity index (χ3v) is 6.63. The number of carboxylic acid groups (broad SMARTS) is 1. The lowest BCUT2D eigenvalue weighted by molar-refractivity contribution is -0.137. The lowest BCUT2D eigenvalue weighted by atomic mass is 9.95. The quantitative estimate of drug-likeness (QED) is 0.418. The number of carbonyl (C=O) groups is 1. The molecule has 0 fully saturated rings. The number of aryl methyl sites for hydroxylation is 4. The number of pyridine rings is 2. The Morgan fingerprint density at radius 2 is 1.97 bits per heavy atom. The number of nitrogens with zero attached hydrogens (tertiary/aromatic N) is 4. The smallest absolute Gasteiger partial charge is 0.305 e. The highest BCUT2D eigenvalue weighted by atomic mass is 16.5. The van der Waals surface area contributed by atoms with Crippen LogP contribution in [0, 0.1) is 0 Å². The molecule has 1 atom stereocenters. The van der Waals surface area contributed by atoms with Crippen LogP contribution in [-0.4, -0.2) is 37.9 Å². The normalized spacial score (nSPS) is 14.0. The fourth-order valence-electron chi connectivity index (χ4n) is 4.85. The summed E-state index contributed by atoms with van der Waals surface area (Å²) >= 11 is 0. The molecule has 7 heteroatoms. The number of ether oxygens (including phenoxy) is 1. The summed E-state index contributed by atoms with van der Waals surface area (Å²) in [6.07, 6.45) is 9.83. The predicted molar refractivity (Wildman–Crippen MR) is 129 cm³/mol. The molecule has 1 aliphatic carbocycles. The SMILES string of the molecule is COc1ccc(C(CC(=O)O)n2ncc3c(CCc4ccc5c(n4)CCCC5)cccc32)cn1. The predicted octanol–water partition coefficient (Wildman–Crippen LogP) is 4.56. The monoisotopic (exact) mass is 456 g/mol. The Hall–Kier alpha value is -3.74. The average molecular weight is 457 g/mol. The second kappa shape index (κ2) is 9.63. The summed E-state index contributed by atoms with van der Waals surface area (Å²) in [5.74, 6) is -0.402. The van der Waals surface area contributed by atoms with Crippen molar-refractivity contribution in [1.29, 1.82) is 0 Å². The fraction of sp³-hybridized carbons (Fsp3) is 0.333. The van der Waals surface area contributed by atoms with Crippen molar-refractivity contribution in [1.82, 2.24) is 19.7 Å². The first-order valence-corrected chi connectivity index (χ1v) is 11.8. The molecule has 0 saturated carbocycles. The van der Waals surface area contributed by atoms with Gasteiger partial charge >= 0.3 is 5.97 Å². The van der Waals surface area contributed by atoms with Crippen molar-refractivity contribution in [3.8, 4) is 5.88 Å². The van der Waals surface area contributed by atoms with Gasteiger partial charge in [-0.3, -0.25) is 14.5 Å². The van der Waals surface area contributed by atoms with E-state index in [9.17, 15) is 9.90 Å². The summed E-state index contributed by atoms with van der Waals surface area (Å²) in [7, 11) is 1.55. The van der Waals surface area contributed by atoms with E-state index < -0.39 is 12.0 Å². The van der Waals surface area contributed by atoms with Crippen LogP contribution < -0.4 is 4.74 Å². The number of aromatic nitrogens is 4. The van der Waals surface area contributed by atoms with E-state index in [0.29, 0.717) is 5.88 Å². The van der Waals surface area contributed by atoms with Gasteiger partial charge in [0.05, 0.1) is 31.3 Å². The largest absolute Gasteiger partial charge is 0.481 e. The number of methoxy groups -OCH3 is 1. The third kappa shape index (κ3) is 4.51. The highest BCUT2D eigenvalue weighted by molar-refractivity contribution is 5.83. The Morgan fingerprint density at radius 1 is 1.09 bits per heavy atom. The van der Waals surface area contributed by atoms with Crippen LogP contribution in [0.1, 0.15) is 53.4 Å². The van der Waals surface area contributed by atoms with Crippen LogP contribution >= 0.6 is 0 Å². The number of hydrogen-bond acceptors (Lipinski definition) is 5. The minimum atomic E-state index is -0.890. The molecule has 3 heterocycles. The van der Waals surface area contributed by atoms with E-state index in [1.54, 1.807) is 24.1 Å². The minimum Gasteiger partial charge on any atom is -0.481 e. The number of carboxylic acids is 1. The third-order valence-electron chi connectivity index (χ3n) is 6.63. The first kappa shape index (κ1) is 22.1. The van der Waals surface area contributed by atoms with Gasteiger partial charge in [0.25, 0.3) is 0 Å². The van der Waals surface area contributed by atoms with Crippen LogP contribution in [0.25, 0.3) is 10.9 Å². The molecule has 174 valence electrons. The molecule has 1 aromatic carbocycles. The summed E-state index contributed by atoms with van der Waals surface area (Å²) in [6, 6.07) is 13.7. The summed E-state index contributed by atoms with van der Waals surface area (Å²) in [6.45, 7) is 0. The topological polar surface area (TPSA) is 90.1 Å². The minimum absolute atomic E-state index is 0.0892. The molecule has 0 spiro atoms. The Morgan fingerprint density at radius 3 is 2.76 bits per heavy atom. The zero-order valence-corrected chi connectivity index (χ0v) is 19.3. The van der Waals surface area contributed by atoms with Crippen molar-refractivity contribution in [2.24, 2.45) is 0 Å². The maximum atomic E-state index is 11.7. The standard InChI is InChI=1S/C27H28N4O3/c1-34-26-14-11-20(16-28-26)25(15-27(32)33)31-24-8-4-6-18(22(24)17-29-31)9-12-21-13-10-19-5-2-3-7-23(19)30-21/h4,6,8,10-11,13-14,16-17,25H,2-3,5,7,9,12,15H2,1H3,(H,32,33). The van der Waals surface area contributed by atoms with Crippen LogP contribution in [-0.2, 0) is 30.5 Å². The molecule has 1 unspecified atom stereocenters. The highest BCUT2D eigenvalue weighted by Crippen LogP contribution is 2.29. The van der Waals surface area contributed by atoms with Gasteiger partial charge in [0.1, 0.15) is 0 Å².